The Morgan fingerprint density at radius 2 is 1.57 bits per heavy atom. The highest BCUT2D eigenvalue weighted by Gasteiger charge is 2.54. The Labute approximate surface area is 295 Å². The molecule has 1 saturated carbocycles. The minimum atomic E-state index is -1.10. The average molecular weight is 690 g/mol. The first-order valence-corrected chi connectivity index (χ1v) is 17.2. The number of fused-ring (bicyclic) bond motifs is 3. The van der Waals surface area contributed by atoms with Crippen molar-refractivity contribution >= 4 is 17.7 Å². The number of aryl methyl sites for hydroxylation is 2. The van der Waals surface area contributed by atoms with E-state index in [0.29, 0.717) is 42.1 Å². The Balaban J connectivity index is 1.39. The van der Waals surface area contributed by atoms with Crippen molar-refractivity contribution in [3.05, 3.63) is 111 Å². The smallest absolute Gasteiger partial charge is 0.253 e. The molecular weight excluding hydrogens is 649 g/mol. The van der Waals surface area contributed by atoms with Crippen LogP contribution in [0.5, 0.6) is 0 Å². The molecule has 51 heavy (non-hydrogen) atoms. The fourth-order valence-electron chi connectivity index (χ4n) is 8.07. The number of nitrogens with zero attached hydrogens (tertiary/aromatic N) is 7. The van der Waals surface area contributed by atoms with E-state index in [2.05, 4.69) is 32.0 Å². The summed E-state index contributed by atoms with van der Waals surface area (Å²) in [6.45, 7) is -0.0436. The third-order valence-electron chi connectivity index (χ3n) is 10.7. The molecule has 0 bridgehead atoms. The molecule has 4 aromatic rings. The van der Waals surface area contributed by atoms with E-state index in [0.717, 1.165) is 34.2 Å². The van der Waals surface area contributed by atoms with E-state index >= 15 is 0 Å². The van der Waals surface area contributed by atoms with Crippen LogP contribution < -0.4 is 5.32 Å². The summed E-state index contributed by atoms with van der Waals surface area (Å²) in [5, 5.41) is 29.1. The first kappa shape index (κ1) is 34.0. The fourth-order valence-corrected chi connectivity index (χ4v) is 8.07. The molecule has 0 unspecified atom stereocenters. The van der Waals surface area contributed by atoms with Crippen molar-refractivity contribution in [3.63, 3.8) is 0 Å². The van der Waals surface area contributed by atoms with Crippen LogP contribution in [0.3, 0.4) is 0 Å². The van der Waals surface area contributed by atoms with Crippen molar-refractivity contribution in [2.75, 3.05) is 34.7 Å². The summed E-state index contributed by atoms with van der Waals surface area (Å²) in [5.41, 5.74) is 4.23. The average Bonchev–Trinajstić information content (AvgIpc) is 3.51. The highest BCUT2D eigenvalue weighted by molar-refractivity contribution is 5.95. The minimum absolute atomic E-state index is 0.0436. The van der Waals surface area contributed by atoms with E-state index in [1.165, 1.54) is 21.9 Å². The molecule has 3 aliphatic rings. The fraction of sp³-hybridized carbons (Fsp3) is 0.395. The number of nitriles is 1. The molecule has 2 fully saturated rings. The summed E-state index contributed by atoms with van der Waals surface area (Å²) in [4.78, 5) is 44.9. The van der Waals surface area contributed by atoms with Gasteiger partial charge >= 0.3 is 0 Å². The van der Waals surface area contributed by atoms with E-state index in [1.807, 2.05) is 24.3 Å². The van der Waals surface area contributed by atoms with Crippen molar-refractivity contribution in [2.45, 2.75) is 55.6 Å². The summed E-state index contributed by atoms with van der Waals surface area (Å²) in [7, 11) is 6.84. The van der Waals surface area contributed by atoms with E-state index in [-0.39, 0.29) is 36.7 Å². The van der Waals surface area contributed by atoms with Crippen molar-refractivity contribution < 1.29 is 18.8 Å². The standard InChI is InChI=1S/C38H40FN9O3/c1-46(2)35(50)25-9-13-30-23(15-25)5-6-24-16-26(36(51)47(3)4)10-14-31(24)38(30,37-42-44-45-43-37)19-32(22-7-11-28(39)12-8-22)41-21-34(49)48-29(20-40)17-27-18-33(27)48/h7-16,27,29,32-33,41H,5-6,17-19,21H2,1-4H3,(H,42,43,44,45)/t27-,29+,32+,33+/m1/s1. The van der Waals surface area contributed by atoms with E-state index < -0.39 is 23.3 Å². The third kappa shape index (κ3) is 6.14. The zero-order valence-corrected chi connectivity index (χ0v) is 29.1. The number of rotatable bonds is 9. The molecule has 7 rings (SSSR count). The van der Waals surface area contributed by atoms with Crippen LogP contribution in [0.25, 0.3) is 0 Å². The highest BCUT2D eigenvalue weighted by Crippen LogP contribution is 2.50. The van der Waals surface area contributed by atoms with Crippen molar-refractivity contribution in [2.24, 2.45) is 5.92 Å². The summed E-state index contributed by atoms with van der Waals surface area (Å²) < 4.78 is 14.3. The molecule has 2 heterocycles. The van der Waals surface area contributed by atoms with Crippen LogP contribution in [-0.4, -0.2) is 99.9 Å². The minimum Gasteiger partial charge on any atom is -0.345 e. The van der Waals surface area contributed by atoms with Crippen LogP contribution in [0.2, 0.25) is 0 Å². The lowest BCUT2D eigenvalue weighted by Gasteiger charge is -2.37. The first-order chi connectivity index (χ1) is 24.5. The van der Waals surface area contributed by atoms with Crippen LogP contribution >= 0.6 is 0 Å². The maximum Gasteiger partial charge on any atom is 0.253 e. The largest absolute Gasteiger partial charge is 0.345 e. The van der Waals surface area contributed by atoms with Gasteiger partial charge in [0, 0.05) is 51.4 Å². The highest BCUT2D eigenvalue weighted by atomic mass is 19.1. The number of nitrogens with one attached hydrogen (secondary N) is 2. The molecular formula is C38H40FN9O3. The van der Waals surface area contributed by atoms with Crippen molar-refractivity contribution in [1.82, 2.24) is 40.6 Å². The van der Waals surface area contributed by atoms with E-state index in [9.17, 15) is 24.0 Å². The van der Waals surface area contributed by atoms with Gasteiger partial charge in [-0.05, 0) is 102 Å². The van der Waals surface area contributed by atoms with Gasteiger partial charge in [-0.1, -0.05) is 29.5 Å². The maximum absolute atomic E-state index is 14.3. The Hall–Kier alpha value is -5.48. The number of piperidine rings is 1. The first-order valence-electron chi connectivity index (χ1n) is 17.2. The van der Waals surface area contributed by atoms with Crippen LogP contribution in [0.15, 0.2) is 60.7 Å². The van der Waals surface area contributed by atoms with Crippen LogP contribution in [0.1, 0.15) is 79.7 Å². The number of aromatic amines is 1. The van der Waals surface area contributed by atoms with Crippen molar-refractivity contribution in [3.8, 4) is 6.07 Å². The van der Waals surface area contributed by atoms with Crippen molar-refractivity contribution in [1.29, 1.82) is 5.26 Å². The summed E-state index contributed by atoms with van der Waals surface area (Å²) in [6.07, 6.45) is 3.00. The van der Waals surface area contributed by atoms with Crippen LogP contribution in [-0.2, 0) is 23.1 Å². The number of likely N-dealkylation sites (tertiary alicyclic amines) is 1. The molecule has 0 spiro atoms. The lowest BCUT2D eigenvalue weighted by atomic mass is 9.67. The lowest BCUT2D eigenvalue weighted by molar-refractivity contribution is -0.131. The number of aromatic nitrogens is 4. The Morgan fingerprint density at radius 1 is 0.961 bits per heavy atom. The second kappa shape index (κ2) is 13.3. The molecule has 262 valence electrons. The Morgan fingerprint density at radius 3 is 2.10 bits per heavy atom. The van der Waals surface area contributed by atoms with Crippen LogP contribution in [0.4, 0.5) is 4.39 Å². The Bertz CT molecular complexity index is 1950. The van der Waals surface area contributed by atoms with Gasteiger partial charge < -0.3 is 20.0 Å². The molecule has 12 nitrogen and oxygen atoms in total. The summed E-state index contributed by atoms with van der Waals surface area (Å²) in [5.74, 6) is -0.0769. The molecule has 2 aliphatic carbocycles. The van der Waals surface area contributed by atoms with Gasteiger partial charge in [0.15, 0.2) is 5.82 Å². The zero-order valence-electron chi connectivity index (χ0n) is 29.1. The van der Waals surface area contributed by atoms with E-state index in [4.69, 9.17) is 0 Å². The summed E-state index contributed by atoms with van der Waals surface area (Å²) >= 11 is 0. The number of amides is 3. The SMILES string of the molecule is CN(C)C(=O)c1ccc2c(c1)CCc1cc(C(=O)N(C)C)ccc1C2(C[C@H](NCC(=O)N1[C@H](C#N)C[C@@H]2C[C@@H]21)c1ccc(F)cc1)c1nn[nH]n1. The van der Waals surface area contributed by atoms with Crippen LogP contribution in [0, 0.1) is 23.1 Å². The summed E-state index contributed by atoms with van der Waals surface area (Å²) in [6, 6.07) is 18.9. The topological polar surface area (TPSA) is 151 Å². The number of hydrogen-bond donors (Lipinski definition) is 2. The molecule has 1 saturated heterocycles. The molecule has 3 amide bonds. The number of benzene rings is 3. The number of tetrazole rings is 1. The van der Waals surface area contributed by atoms with Gasteiger partial charge in [0.1, 0.15) is 11.9 Å². The van der Waals surface area contributed by atoms with Gasteiger partial charge in [0.25, 0.3) is 11.8 Å². The van der Waals surface area contributed by atoms with Gasteiger partial charge in [0.05, 0.1) is 18.0 Å². The third-order valence-corrected chi connectivity index (χ3v) is 10.7. The van der Waals surface area contributed by atoms with Gasteiger partial charge in [0.2, 0.25) is 5.91 Å². The number of H-pyrrole nitrogens is 1. The molecule has 2 N–H and O–H groups in total. The second-order valence-corrected chi connectivity index (χ2v) is 14.2. The van der Waals surface area contributed by atoms with Gasteiger partial charge in [-0.25, -0.2) is 4.39 Å². The van der Waals surface area contributed by atoms with E-state index in [1.54, 1.807) is 57.4 Å². The van der Waals surface area contributed by atoms with Gasteiger partial charge in [-0.2, -0.15) is 10.5 Å². The number of hydrogen-bond acceptors (Lipinski definition) is 8. The zero-order chi connectivity index (χ0) is 36.0. The molecule has 3 aromatic carbocycles. The Kier molecular flexibility index (Phi) is 8.89. The number of carbonyl (C=O) groups excluding carboxylic acids is 3. The monoisotopic (exact) mass is 689 g/mol. The second-order valence-electron chi connectivity index (χ2n) is 14.2. The molecule has 0 radical (unpaired) electrons. The normalized spacial score (nSPS) is 20.2. The predicted octanol–water partition coefficient (Wildman–Crippen LogP) is 3.41. The predicted molar refractivity (Wildman–Crippen MR) is 185 cm³/mol. The number of halogens is 1. The molecule has 4 atom stereocenters. The number of carbonyl (C=O) groups is 3. The molecule has 13 heteroatoms. The maximum atomic E-state index is 14.3. The van der Waals surface area contributed by atoms with Gasteiger partial charge in [-0.3, -0.25) is 14.4 Å². The molecule has 1 aliphatic heterocycles. The lowest BCUT2D eigenvalue weighted by Crippen LogP contribution is -2.45. The molecule has 1 aromatic heterocycles. The van der Waals surface area contributed by atoms with Gasteiger partial charge in [-0.15, -0.1) is 10.2 Å². The quantitative estimate of drug-likeness (QED) is 0.272.